The van der Waals surface area contributed by atoms with Gasteiger partial charge in [-0.3, -0.25) is 4.79 Å². The average Bonchev–Trinajstić information content (AvgIpc) is 2.90. The summed E-state index contributed by atoms with van der Waals surface area (Å²) in [6.07, 6.45) is 1.74. The van der Waals surface area contributed by atoms with Crippen molar-refractivity contribution in [3.8, 4) is 11.4 Å². The summed E-state index contributed by atoms with van der Waals surface area (Å²) in [6.45, 7) is 2.40. The first-order valence-electron chi connectivity index (χ1n) is 11.5. The van der Waals surface area contributed by atoms with Gasteiger partial charge in [-0.1, -0.05) is 60.7 Å². The van der Waals surface area contributed by atoms with Crippen LogP contribution in [0.5, 0.6) is 0 Å². The maximum atomic E-state index is 13.4. The first kappa shape index (κ1) is 21.8. The molecule has 1 N–H and O–H groups in total. The van der Waals surface area contributed by atoms with Crippen LogP contribution in [0.2, 0.25) is 0 Å². The van der Waals surface area contributed by atoms with E-state index in [1.165, 1.54) is 5.56 Å². The zero-order chi connectivity index (χ0) is 23.3. The maximum Gasteiger partial charge on any atom is 0.254 e. The lowest BCUT2D eigenvalue weighted by atomic mass is 10.0. The molecule has 0 aliphatic carbocycles. The molecule has 170 valence electrons. The third-order valence-corrected chi connectivity index (χ3v) is 6.12. The molecule has 1 aliphatic heterocycles. The van der Waals surface area contributed by atoms with Crippen molar-refractivity contribution in [3.05, 3.63) is 108 Å². The van der Waals surface area contributed by atoms with Crippen molar-refractivity contribution in [1.82, 2.24) is 19.8 Å². The normalized spacial score (nSPS) is 16.3. The molecule has 6 nitrogen and oxygen atoms in total. The summed E-state index contributed by atoms with van der Waals surface area (Å²) in [5.74, 6) is 1.43. The highest BCUT2D eigenvalue weighted by Crippen LogP contribution is 2.27. The molecule has 34 heavy (non-hydrogen) atoms. The van der Waals surface area contributed by atoms with Crippen molar-refractivity contribution < 1.29 is 4.79 Å². The number of likely N-dealkylation sites (N-methyl/N-ethyl adjacent to an activating group) is 1. The van der Waals surface area contributed by atoms with Gasteiger partial charge in [-0.15, -0.1) is 0 Å². The number of aromatic nitrogens is 2. The summed E-state index contributed by atoms with van der Waals surface area (Å²) in [5.41, 5.74) is 3.68. The zero-order valence-corrected chi connectivity index (χ0v) is 19.1. The van der Waals surface area contributed by atoms with E-state index >= 15 is 0 Å². The average molecular weight is 450 g/mol. The van der Waals surface area contributed by atoms with Gasteiger partial charge < -0.3 is 15.1 Å². The van der Waals surface area contributed by atoms with E-state index in [0.717, 1.165) is 24.3 Å². The van der Waals surface area contributed by atoms with Gasteiger partial charge in [-0.25, -0.2) is 9.97 Å². The summed E-state index contributed by atoms with van der Waals surface area (Å²) in [7, 11) is 2.11. The Bertz CT molecular complexity index is 1240. The van der Waals surface area contributed by atoms with Crippen molar-refractivity contribution in [2.75, 3.05) is 32.0 Å². The number of amides is 1. The topological polar surface area (TPSA) is 61.4 Å². The lowest BCUT2D eigenvalue weighted by Crippen LogP contribution is -2.49. The highest BCUT2D eigenvalue weighted by atomic mass is 16.2. The highest BCUT2D eigenvalue weighted by Gasteiger charge is 2.30. The number of nitrogens with zero attached hydrogens (tertiary/aromatic N) is 4. The van der Waals surface area contributed by atoms with Crippen LogP contribution in [0.15, 0.2) is 97.2 Å². The summed E-state index contributed by atoms with van der Waals surface area (Å²) < 4.78 is 0. The number of piperazine rings is 1. The minimum atomic E-state index is 0.0441. The van der Waals surface area contributed by atoms with Gasteiger partial charge >= 0.3 is 0 Å². The molecule has 0 radical (unpaired) electrons. The molecule has 1 aliphatic rings. The third-order valence-electron chi connectivity index (χ3n) is 6.12. The Morgan fingerprint density at radius 1 is 0.882 bits per heavy atom. The monoisotopic (exact) mass is 449 g/mol. The summed E-state index contributed by atoms with van der Waals surface area (Å²) >= 11 is 0. The number of carbonyl (C=O) groups excluding carboxylic acids is 1. The molecule has 6 heteroatoms. The molecule has 0 saturated carbocycles. The molecule has 2 heterocycles. The van der Waals surface area contributed by atoms with Crippen molar-refractivity contribution >= 4 is 17.4 Å². The van der Waals surface area contributed by atoms with E-state index in [2.05, 4.69) is 39.4 Å². The molecule has 1 amide bonds. The van der Waals surface area contributed by atoms with Gasteiger partial charge in [0.05, 0.1) is 6.04 Å². The summed E-state index contributed by atoms with van der Waals surface area (Å²) in [4.78, 5) is 26.7. The first-order chi connectivity index (χ1) is 16.7. The van der Waals surface area contributed by atoms with Gasteiger partial charge in [0.15, 0.2) is 5.82 Å². The highest BCUT2D eigenvalue weighted by molar-refractivity contribution is 5.95. The van der Waals surface area contributed by atoms with Crippen molar-refractivity contribution in [2.24, 2.45) is 0 Å². The molecule has 1 atom stereocenters. The fourth-order valence-electron chi connectivity index (χ4n) is 4.29. The summed E-state index contributed by atoms with van der Waals surface area (Å²) in [6, 6.07) is 29.6. The van der Waals surface area contributed by atoms with Crippen molar-refractivity contribution in [2.45, 2.75) is 6.04 Å². The van der Waals surface area contributed by atoms with Crippen LogP contribution in [-0.2, 0) is 0 Å². The predicted molar refractivity (Wildman–Crippen MR) is 135 cm³/mol. The number of benzene rings is 3. The molecule has 0 bridgehead atoms. The maximum absolute atomic E-state index is 13.4. The number of anilines is 2. The van der Waals surface area contributed by atoms with E-state index < -0.39 is 0 Å². The number of carbonyl (C=O) groups is 1. The Balaban J connectivity index is 1.32. The molecule has 0 spiro atoms. The van der Waals surface area contributed by atoms with Gasteiger partial charge in [-0.2, -0.15) is 0 Å². The molecule has 4 aromatic rings. The third kappa shape index (κ3) is 4.82. The summed E-state index contributed by atoms with van der Waals surface area (Å²) in [5, 5.41) is 3.32. The predicted octanol–water partition coefficient (Wildman–Crippen LogP) is 5.02. The van der Waals surface area contributed by atoms with Crippen molar-refractivity contribution in [3.63, 3.8) is 0 Å². The Hall–Kier alpha value is -4.03. The Morgan fingerprint density at radius 2 is 1.59 bits per heavy atom. The number of nitrogens with one attached hydrogen (secondary N) is 1. The number of hydrogen-bond acceptors (Lipinski definition) is 5. The van der Waals surface area contributed by atoms with Gasteiger partial charge in [0.1, 0.15) is 5.82 Å². The molecule has 5 rings (SSSR count). The van der Waals surface area contributed by atoms with Crippen LogP contribution >= 0.6 is 0 Å². The second-order valence-electron chi connectivity index (χ2n) is 8.52. The smallest absolute Gasteiger partial charge is 0.254 e. The van der Waals surface area contributed by atoms with Crippen LogP contribution in [0.1, 0.15) is 22.0 Å². The molecule has 3 aromatic carbocycles. The zero-order valence-electron chi connectivity index (χ0n) is 19.1. The van der Waals surface area contributed by atoms with E-state index in [0.29, 0.717) is 23.8 Å². The van der Waals surface area contributed by atoms with Gasteiger partial charge in [0.25, 0.3) is 5.91 Å². The fraction of sp³-hybridized carbons (Fsp3) is 0.179. The van der Waals surface area contributed by atoms with E-state index in [-0.39, 0.29) is 11.9 Å². The van der Waals surface area contributed by atoms with E-state index in [4.69, 9.17) is 0 Å². The van der Waals surface area contributed by atoms with E-state index in [9.17, 15) is 4.79 Å². The van der Waals surface area contributed by atoms with Crippen LogP contribution in [0, 0.1) is 0 Å². The first-order valence-corrected chi connectivity index (χ1v) is 11.5. The molecular formula is C28H27N5O. The van der Waals surface area contributed by atoms with Crippen LogP contribution in [0.4, 0.5) is 11.5 Å². The number of rotatable bonds is 5. The van der Waals surface area contributed by atoms with E-state index in [1.54, 1.807) is 6.20 Å². The Kier molecular flexibility index (Phi) is 6.31. The van der Waals surface area contributed by atoms with Crippen molar-refractivity contribution in [1.29, 1.82) is 0 Å². The molecule has 1 fully saturated rings. The van der Waals surface area contributed by atoms with Crippen LogP contribution < -0.4 is 5.32 Å². The Labute approximate surface area is 199 Å². The Morgan fingerprint density at radius 3 is 2.32 bits per heavy atom. The minimum absolute atomic E-state index is 0.0441. The number of hydrogen-bond donors (Lipinski definition) is 1. The van der Waals surface area contributed by atoms with Crippen LogP contribution in [0.25, 0.3) is 11.4 Å². The van der Waals surface area contributed by atoms with Gasteiger partial charge in [-0.05, 0) is 42.9 Å². The standard InChI is InChI=1S/C28H27N5O/c1-32-18-19-33(25(20-32)21-8-4-2-5-9-21)28(34)23-12-14-24(15-13-23)30-26-16-17-29-27(31-26)22-10-6-3-7-11-22/h2-17,25H,18-20H2,1H3,(H,29,30,31). The quantitative estimate of drug-likeness (QED) is 0.464. The lowest BCUT2D eigenvalue weighted by molar-refractivity contribution is 0.0498. The second kappa shape index (κ2) is 9.85. The largest absolute Gasteiger partial charge is 0.340 e. The molecule has 1 aromatic heterocycles. The second-order valence-corrected chi connectivity index (χ2v) is 8.52. The van der Waals surface area contributed by atoms with E-state index in [1.807, 2.05) is 83.8 Å². The lowest BCUT2D eigenvalue weighted by Gasteiger charge is -2.40. The minimum Gasteiger partial charge on any atom is -0.340 e. The molecule has 1 unspecified atom stereocenters. The van der Waals surface area contributed by atoms with Crippen LogP contribution in [0.3, 0.4) is 0 Å². The fourth-order valence-corrected chi connectivity index (χ4v) is 4.29. The van der Waals surface area contributed by atoms with Gasteiger partial charge in [0, 0.05) is 42.6 Å². The SMILES string of the molecule is CN1CCN(C(=O)c2ccc(Nc3ccnc(-c4ccccc4)n3)cc2)C(c2ccccc2)C1. The molecular weight excluding hydrogens is 422 g/mol. The van der Waals surface area contributed by atoms with Crippen LogP contribution in [-0.4, -0.2) is 52.4 Å². The van der Waals surface area contributed by atoms with Gasteiger partial charge in [0.2, 0.25) is 0 Å². The molecule has 1 saturated heterocycles.